The molecule has 0 spiro atoms. The first kappa shape index (κ1) is 9.86. The molecule has 0 unspecified atom stereocenters. The maximum Gasteiger partial charge on any atom is 0.324 e. The summed E-state index contributed by atoms with van der Waals surface area (Å²) < 4.78 is 6.99. The smallest absolute Gasteiger partial charge is 0.324 e. The van der Waals surface area contributed by atoms with Crippen molar-refractivity contribution in [2.24, 2.45) is 5.73 Å². The van der Waals surface area contributed by atoms with Crippen molar-refractivity contribution in [2.45, 2.75) is 38.0 Å². The molecule has 0 aliphatic rings. The molecule has 0 heterocycles. The van der Waals surface area contributed by atoms with Gasteiger partial charge in [0.15, 0.2) is 0 Å². The molecular formula is C8H17NO2S. The zero-order valence-corrected chi connectivity index (χ0v) is 8.57. The molecule has 72 valence electrons. The van der Waals surface area contributed by atoms with E-state index >= 15 is 0 Å². The lowest BCUT2D eigenvalue weighted by atomic mass is 10.1. The average Bonchev–Trinajstić information content (AvgIpc) is 2.01. The number of nitrogens with two attached hydrogens (primary N) is 1. The summed E-state index contributed by atoms with van der Waals surface area (Å²) in [5.41, 5.74) is 4.34. The van der Waals surface area contributed by atoms with E-state index in [-0.39, 0.29) is 11.6 Å². The molecule has 0 bridgehead atoms. The Morgan fingerprint density at radius 1 is 1.67 bits per heavy atom. The summed E-state index contributed by atoms with van der Waals surface area (Å²) in [7, 11) is 0. The van der Waals surface area contributed by atoms with Gasteiger partial charge >= 0.3 is 5.97 Å². The van der Waals surface area contributed by atoms with Gasteiger partial charge in [-0.25, -0.2) is 0 Å². The normalized spacial score (nSPS) is 18.2. The Bertz CT molecular complexity index is 195. The van der Waals surface area contributed by atoms with E-state index < -0.39 is 11.5 Å². The van der Waals surface area contributed by atoms with Gasteiger partial charge in [0.25, 0.3) is 0 Å². The number of thioether (sulfide) groups is 1. The van der Waals surface area contributed by atoms with Crippen molar-refractivity contribution in [1.82, 2.24) is 0 Å². The molecule has 0 rings (SSSR count). The summed E-state index contributed by atoms with van der Waals surface area (Å²) >= 11 is 1.42. The highest BCUT2D eigenvalue weighted by Gasteiger charge is 2.29. The van der Waals surface area contributed by atoms with Crippen LogP contribution in [0.5, 0.6) is 0 Å². The standard InChI is InChI=1S/C8H17NO2S/c1-7(2,3)12-5-8(4,9)6(10)11/h5,9H2,1-4H3,(H,10,11)/t8-/m0/s1/i1D. The van der Waals surface area contributed by atoms with Crippen LogP contribution >= 0.6 is 11.8 Å². The van der Waals surface area contributed by atoms with Gasteiger partial charge in [-0.3, -0.25) is 4.79 Å². The van der Waals surface area contributed by atoms with Gasteiger partial charge in [0.1, 0.15) is 5.54 Å². The molecular weight excluding hydrogens is 174 g/mol. The minimum atomic E-state index is -1.20. The Morgan fingerprint density at radius 2 is 2.17 bits per heavy atom. The Balaban J connectivity index is 4.09. The van der Waals surface area contributed by atoms with Crippen LogP contribution in [0.4, 0.5) is 0 Å². The number of hydrogen-bond acceptors (Lipinski definition) is 3. The van der Waals surface area contributed by atoms with Gasteiger partial charge < -0.3 is 10.8 Å². The molecule has 0 aliphatic heterocycles. The van der Waals surface area contributed by atoms with Crippen LogP contribution in [0.25, 0.3) is 0 Å². The van der Waals surface area contributed by atoms with Crippen LogP contribution in [0.1, 0.15) is 29.0 Å². The van der Waals surface area contributed by atoms with E-state index in [2.05, 4.69) is 0 Å². The number of hydrogen-bond donors (Lipinski definition) is 2. The minimum absolute atomic E-state index is 0.226. The van der Waals surface area contributed by atoms with Crippen molar-refractivity contribution >= 4 is 17.7 Å². The zero-order valence-electron chi connectivity index (χ0n) is 8.76. The van der Waals surface area contributed by atoms with Crippen molar-refractivity contribution in [3.8, 4) is 0 Å². The number of carboxylic acid groups (broad SMARTS) is 1. The molecule has 4 heteroatoms. The molecule has 12 heavy (non-hydrogen) atoms. The summed E-state index contributed by atoms with van der Waals surface area (Å²) in [4.78, 5) is 10.6. The van der Waals surface area contributed by atoms with Crippen molar-refractivity contribution < 1.29 is 11.3 Å². The molecule has 0 aromatic heterocycles. The monoisotopic (exact) mass is 192 g/mol. The van der Waals surface area contributed by atoms with Crippen LogP contribution < -0.4 is 5.73 Å². The molecule has 0 aromatic rings. The fourth-order valence-electron chi connectivity index (χ4n) is 0.407. The van der Waals surface area contributed by atoms with E-state index in [9.17, 15) is 4.79 Å². The first-order chi connectivity index (χ1) is 5.71. The summed E-state index contributed by atoms with van der Waals surface area (Å²) in [5, 5.41) is 8.73. The molecule has 0 aliphatic carbocycles. The summed E-state index contributed by atoms with van der Waals surface area (Å²) in [5.74, 6) is -0.672. The zero-order chi connectivity index (χ0) is 10.7. The van der Waals surface area contributed by atoms with Crippen LogP contribution in [-0.2, 0) is 4.79 Å². The van der Waals surface area contributed by atoms with Gasteiger partial charge in [0, 0.05) is 11.9 Å². The molecule has 0 saturated carbocycles. The van der Waals surface area contributed by atoms with Crippen LogP contribution in [-0.4, -0.2) is 27.1 Å². The first-order valence-corrected chi connectivity index (χ1v) is 4.65. The first-order valence-electron chi connectivity index (χ1n) is 4.37. The lowest BCUT2D eigenvalue weighted by molar-refractivity contribution is -0.141. The Hall–Kier alpha value is -0.220. The van der Waals surface area contributed by atoms with Crippen LogP contribution in [0.15, 0.2) is 0 Å². The van der Waals surface area contributed by atoms with Crippen molar-refractivity contribution in [3.05, 3.63) is 0 Å². The number of carboxylic acids is 1. The molecule has 1 atom stereocenters. The number of rotatable bonds is 3. The Morgan fingerprint density at radius 3 is 2.50 bits per heavy atom. The van der Waals surface area contributed by atoms with Crippen molar-refractivity contribution in [1.29, 1.82) is 0 Å². The average molecular weight is 192 g/mol. The van der Waals surface area contributed by atoms with Gasteiger partial charge in [0.2, 0.25) is 0 Å². The third kappa shape index (κ3) is 4.62. The van der Waals surface area contributed by atoms with Gasteiger partial charge in [-0.15, -0.1) is 0 Å². The predicted molar refractivity (Wildman–Crippen MR) is 52.4 cm³/mol. The van der Waals surface area contributed by atoms with E-state index in [0.717, 1.165) is 0 Å². The van der Waals surface area contributed by atoms with Crippen LogP contribution in [0.2, 0.25) is 0 Å². The van der Waals surface area contributed by atoms with Crippen LogP contribution in [0.3, 0.4) is 0 Å². The maximum atomic E-state index is 10.6. The fourth-order valence-corrected chi connectivity index (χ4v) is 1.22. The highest BCUT2D eigenvalue weighted by molar-refractivity contribution is 8.00. The summed E-state index contributed by atoms with van der Waals surface area (Å²) in [6.07, 6.45) is 0. The predicted octanol–water partition coefficient (Wildman–Crippen LogP) is 1.32. The van der Waals surface area contributed by atoms with Gasteiger partial charge in [-0.1, -0.05) is 20.7 Å². The largest absolute Gasteiger partial charge is 0.480 e. The Labute approximate surface area is 79.1 Å². The van der Waals surface area contributed by atoms with Gasteiger partial charge in [-0.2, -0.15) is 11.8 Å². The van der Waals surface area contributed by atoms with Gasteiger partial charge in [0.05, 0.1) is 0 Å². The molecule has 0 aromatic carbocycles. The molecule has 0 radical (unpaired) electrons. The van der Waals surface area contributed by atoms with E-state index in [1.165, 1.54) is 18.7 Å². The molecule has 0 fully saturated rings. The topological polar surface area (TPSA) is 63.3 Å². The number of carbonyl (C=O) groups is 1. The summed E-state index contributed by atoms with van der Waals surface area (Å²) in [6, 6.07) is 0. The Kier molecular flexibility index (Phi) is 3.01. The van der Waals surface area contributed by atoms with E-state index in [1.807, 2.05) is 13.8 Å². The highest BCUT2D eigenvalue weighted by atomic mass is 32.2. The SMILES string of the molecule is [2H]CC(C)(C)SC[C@](C)(N)C(=O)O. The van der Waals surface area contributed by atoms with Gasteiger partial charge in [-0.05, 0) is 6.92 Å². The maximum absolute atomic E-state index is 10.6. The van der Waals surface area contributed by atoms with E-state index in [0.29, 0.717) is 5.75 Å². The highest BCUT2D eigenvalue weighted by Crippen LogP contribution is 2.25. The fraction of sp³-hybridized carbons (Fsp3) is 0.875. The third-order valence-electron chi connectivity index (χ3n) is 1.25. The van der Waals surface area contributed by atoms with E-state index in [4.69, 9.17) is 12.2 Å². The molecule has 0 saturated heterocycles. The van der Waals surface area contributed by atoms with Crippen LogP contribution in [0, 0.1) is 0 Å². The molecule has 3 N–H and O–H groups in total. The molecule has 0 amide bonds. The van der Waals surface area contributed by atoms with E-state index in [1.54, 1.807) is 0 Å². The lowest BCUT2D eigenvalue weighted by Gasteiger charge is -2.24. The van der Waals surface area contributed by atoms with Crippen molar-refractivity contribution in [2.75, 3.05) is 5.75 Å². The third-order valence-corrected chi connectivity index (χ3v) is 2.78. The lowest BCUT2D eigenvalue weighted by Crippen LogP contribution is -2.47. The second kappa shape index (κ2) is 3.66. The minimum Gasteiger partial charge on any atom is -0.480 e. The molecule has 3 nitrogen and oxygen atoms in total. The summed E-state index contributed by atoms with van der Waals surface area (Å²) in [6.45, 7) is 5.56. The quantitative estimate of drug-likeness (QED) is 0.708. The second-order valence-corrected chi connectivity index (χ2v) is 5.45. The van der Waals surface area contributed by atoms with Crippen molar-refractivity contribution in [3.63, 3.8) is 0 Å². The second-order valence-electron chi connectivity index (χ2n) is 3.77. The number of aliphatic carboxylic acids is 1.